The number of carbonyl (C=O) groups is 1. The molecular weight excluding hydrogens is 442 g/mol. The van der Waals surface area contributed by atoms with Gasteiger partial charge in [-0.2, -0.15) is 4.98 Å². The number of benzene rings is 2. The number of amides is 1. The number of fused-ring (bicyclic) bond motifs is 1. The van der Waals surface area contributed by atoms with Gasteiger partial charge in [0.25, 0.3) is 5.89 Å². The maximum atomic E-state index is 13.3. The van der Waals surface area contributed by atoms with E-state index >= 15 is 0 Å². The highest BCUT2D eigenvalue weighted by Gasteiger charge is 2.19. The highest BCUT2D eigenvalue weighted by atomic mass is 16.5. The number of hydrogen-bond acceptors (Lipinski definition) is 6. The minimum atomic E-state index is -0.290. The normalized spacial score (nSPS) is 11.1. The monoisotopic (exact) mass is 465 g/mol. The molecule has 0 aliphatic rings. The molecular formula is C27H23N5O3. The van der Waals surface area contributed by atoms with E-state index in [1.807, 2.05) is 69.3 Å². The molecule has 0 spiro atoms. The number of nitrogens with zero attached hydrogens (tertiary/aromatic N) is 4. The molecule has 8 nitrogen and oxygen atoms in total. The van der Waals surface area contributed by atoms with Gasteiger partial charge in [0.05, 0.1) is 5.39 Å². The Bertz CT molecular complexity index is 1630. The van der Waals surface area contributed by atoms with E-state index in [0.29, 0.717) is 22.5 Å². The second-order valence-corrected chi connectivity index (χ2v) is 8.53. The predicted molar refractivity (Wildman–Crippen MR) is 134 cm³/mol. The fourth-order valence-electron chi connectivity index (χ4n) is 3.95. The molecule has 0 aliphatic heterocycles. The molecule has 5 rings (SSSR count). The molecule has 3 heterocycles. The second kappa shape index (κ2) is 8.98. The van der Waals surface area contributed by atoms with Crippen LogP contribution < -0.4 is 10.7 Å². The molecule has 5 aromatic rings. The molecule has 1 amide bonds. The van der Waals surface area contributed by atoms with Crippen LogP contribution in [-0.2, 0) is 11.3 Å². The summed E-state index contributed by atoms with van der Waals surface area (Å²) in [6, 6.07) is 18.7. The largest absolute Gasteiger partial charge is 0.333 e. The molecule has 8 heteroatoms. The van der Waals surface area contributed by atoms with Gasteiger partial charge >= 0.3 is 0 Å². The number of nitrogens with one attached hydrogen (secondary N) is 1. The summed E-state index contributed by atoms with van der Waals surface area (Å²) in [5, 5.41) is 7.33. The Morgan fingerprint density at radius 1 is 0.971 bits per heavy atom. The van der Waals surface area contributed by atoms with Gasteiger partial charge in [-0.15, -0.1) is 0 Å². The van der Waals surface area contributed by atoms with Gasteiger partial charge < -0.3 is 14.4 Å². The molecule has 174 valence electrons. The first-order valence-corrected chi connectivity index (χ1v) is 11.2. The number of hydrogen-bond donors (Lipinski definition) is 1. The fourth-order valence-corrected chi connectivity index (χ4v) is 3.95. The van der Waals surface area contributed by atoms with Crippen molar-refractivity contribution in [1.82, 2.24) is 19.7 Å². The summed E-state index contributed by atoms with van der Waals surface area (Å²) in [6.45, 7) is 5.72. The lowest BCUT2D eigenvalue weighted by atomic mass is 10.1. The zero-order valence-electron chi connectivity index (χ0n) is 19.6. The Labute approximate surface area is 201 Å². The zero-order valence-corrected chi connectivity index (χ0v) is 19.6. The Morgan fingerprint density at radius 2 is 1.74 bits per heavy atom. The molecule has 35 heavy (non-hydrogen) atoms. The number of aromatic nitrogens is 4. The molecule has 0 aliphatic carbocycles. The summed E-state index contributed by atoms with van der Waals surface area (Å²) in [5.74, 6) is 0.219. The number of carbonyl (C=O) groups excluding carboxylic acids is 1. The predicted octanol–water partition coefficient (Wildman–Crippen LogP) is 4.68. The lowest BCUT2D eigenvalue weighted by Crippen LogP contribution is -2.22. The standard InChI is InChI=1S/C27H23N5O3/c1-16-6-4-8-19(12-16)25-30-27(35-31-25)22-14-32(26-21(24(22)34)11-10-18(3)28-26)15-23(33)29-20-9-5-7-17(2)13-20/h4-14H,15H2,1-3H3,(H,29,33). The van der Waals surface area contributed by atoms with E-state index in [2.05, 4.69) is 20.4 Å². The Kier molecular flexibility index (Phi) is 5.70. The maximum absolute atomic E-state index is 13.3. The number of pyridine rings is 2. The van der Waals surface area contributed by atoms with Crippen molar-refractivity contribution in [3.63, 3.8) is 0 Å². The van der Waals surface area contributed by atoms with Crippen LogP contribution in [0.25, 0.3) is 33.9 Å². The van der Waals surface area contributed by atoms with E-state index in [-0.39, 0.29) is 29.3 Å². The Hall–Kier alpha value is -4.59. The summed E-state index contributed by atoms with van der Waals surface area (Å²) in [4.78, 5) is 35.2. The second-order valence-electron chi connectivity index (χ2n) is 8.53. The summed E-state index contributed by atoms with van der Waals surface area (Å²) in [6.07, 6.45) is 1.56. The lowest BCUT2D eigenvalue weighted by molar-refractivity contribution is -0.116. The van der Waals surface area contributed by atoms with Crippen molar-refractivity contribution < 1.29 is 9.32 Å². The van der Waals surface area contributed by atoms with Crippen LogP contribution in [0.2, 0.25) is 0 Å². The van der Waals surface area contributed by atoms with Crippen molar-refractivity contribution in [2.45, 2.75) is 27.3 Å². The third-order valence-electron chi connectivity index (χ3n) is 5.61. The maximum Gasteiger partial charge on any atom is 0.263 e. The molecule has 0 atom stereocenters. The van der Waals surface area contributed by atoms with E-state index in [4.69, 9.17) is 4.52 Å². The van der Waals surface area contributed by atoms with Crippen molar-refractivity contribution in [2.24, 2.45) is 0 Å². The van der Waals surface area contributed by atoms with Crippen molar-refractivity contribution >= 4 is 22.6 Å². The highest BCUT2D eigenvalue weighted by Crippen LogP contribution is 2.23. The SMILES string of the molecule is Cc1cccc(NC(=O)Cn2cc(-c3nc(-c4cccc(C)c4)no3)c(=O)c3ccc(C)nc32)c1. The van der Waals surface area contributed by atoms with Crippen LogP contribution in [0.15, 0.2) is 76.2 Å². The van der Waals surface area contributed by atoms with Gasteiger partial charge in [-0.3, -0.25) is 9.59 Å². The first kappa shape index (κ1) is 22.2. The van der Waals surface area contributed by atoms with Crippen molar-refractivity contribution in [2.75, 3.05) is 5.32 Å². The third kappa shape index (κ3) is 4.59. The Balaban J connectivity index is 1.56. The number of rotatable bonds is 5. The van der Waals surface area contributed by atoms with E-state index < -0.39 is 0 Å². The first-order chi connectivity index (χ1) is 16.9. The fraction of sp³-hybridized carbons (Fsp3) is 0.148. The van der Waals surface area contributed by atoms with Crippen LogP contribution in [0.4, 0.5) is 5.69 Å². The molecule has 0 saturated heterocycles. The van der Waals surface area contributed by atoms with Crippen LogP contribution in [0.3, 0.4) is 0 Å². The molecule has 0 unspecified atom stereocenters. The molecule has 1 N–H and O–H groups in total. The van der Waals surface area contributed by atoms with Gasteiger partial charge in [-0.1, -0.05) is 41.1 Å². The Morgan fingerprint density at radius 3 is 2.51 bits per heavy atom. The lowest BCUT2D eigenvalue weighted by Gasteiger charge is -2.12. The molecule has 0 fully saturated rings. The van der Waals surface area contributed by atoms with Gasteiger partial charge in [0, 0.05) is 23.1 Å². The zero-order chi connectivity index (χ0) is 24.5. The van der Waals surface area contributed by atoms with Gasteiger partial charge in [-0.25, -0.2) is 4.98 Å². The quantitative estimate of drug-likeness (QED) is 0.404. The van der Waals surface area contributed by atoms with Crippen molar-refractivity contribution in [3.05, 3.63) is 93.9 Å². The average molecular weight is 466 g/mol. The summed E-state index contributed by atoms with van der Waals surface area (Å²) in [7, 11) is 0. The van der Waals surface area contributed by atoms with E-state index in [0.717, 1.165) is 22.4 Å². The van der Waals surface area contributed by atoms with Crippen LogP contribution in [-0.4, -0.2) is 25.6 Å². The summed E-state index contributed by atoms with van der Waals surface area (Å²) < 4.78 is 7.11. The number of aryl methyl sites for hydroxylation is 3. The van der Waals surface area contributed by atoms with Gasteiger partial charge in [0.2, 0.25) is 17.2 Å². The van der Waals surface area contributed by atoms with Crippen LogP contribution in [0.1, 0.15) is 16.8 Å². The van der Waals surface area contributed by atoms with Crippen LogP contribution in [0, 0.1) is 20.8 Å². The van der Waals surface area contributed by atoms with E-state index in [1.165, 1.54) is 0 Å². The van der Waals surface area contributed by atoms with Crippen molar-refractivity contribution in [1.29, 1.82) is 0 Å². The summed E-state index contributed by atoms with van der Waals surface area (Å²) in [5.41, 5.74) is 4.65. The smallest absolute Gasteiger partial charge is 0.263 e. The van der Waals surface area contributed by atoms with Crippen LogP contribution in [0.5, 0.6) is 0 Å². The molecule has 3 aromatic heterocycles. The first-order valence-electron chi connectivity index (χ1n) is 11.2. The molecule has 2 aromatic carbocycles. The third-order valence-corrected chi connectivity index (χ3v) is 5.61. The summed E-state index contributed by atoms with van der Waals surface area (Å²) >= 11 is 0. The van der Waals surface area contributed by atoms with Gasteiger partial charge in [0.15, 0.2) is 0 Å². The molecule has 0 radical (unpaired) electrons. The van der Waals surface area contributed by atoms with Gasteiger partial charge in [-0.05, 0) is 56.7 Å². The average Bonchev–Trinajstić information content (AvgIpc) is 3.31. The molecule has 0 bridgehead atoms. The minimum absolute atomic E-state index is 0.0486. The number of anilines is 1. The topological polar surface area (TPSA) is 103 Å². The van der Waals surface area contributed by atoms with E-state index in [1.54, 1.807) is 22.9 Å². The highest BCUT2D eigenvalue weighted by molar-refractivity contribution is 5.92. The van der Waals surface area contributed by atoms with Crippen molar-refractivity contribution in [3.8, 4) is 22.8 Å². The van der Waals surface area contributed by atoms with E-state index in [9.17, 15) is 9.59 Å². The van der Waals surface area contributed by atoms with Crippen LogP contribution >= 0.6 is 0 Å². The molecule has 0 saturated carbocycles. The van der Waals surface area contributed by atoms with Gasteiger partial charge in [0.1, 0.15) is 17.8 Å². The minimum Gasteiger partial charge on any atom is -0.333 e.